The molecule has 3 aromatic rings. The predicted molar refractivity (Wildman–Crippen MR) is 127 cm³/mol. The summed E-state index contributed by atoms with van der Waals surface area (Å²) in [4.78, 5) is 24.3. The molecule has 0 fully saturated rings. The molecule has 8 nitrogen and oxygen atoms in total. The summed E-state index contributed by atoms with van der Waals surface area (Å²) in [5.74, 6) is -1.76. The zero-order chi connectivity index (χ0) is 23.8. The molecule has 0 bridgehead atoms. The van der Waals surface area contributed by atoms with Crippen molar-refractivity contribution in [2.45, 2.75) is 11.3 Å². The maximum atomic E-state index is 13.5. The second kappa shape index (κ2) is 8.87. The van der Waals surface area contributed by atoms with E-state index in [1.165, 1.54) is 41.7 Å². The number of ether oxygens (including phenoxy) is 1. The van der Waals surface area contributed by atoms with E-state index in [0.717, 1.165) is 5.56 Å². The molecule has 170 valence electrons. The fourth-order valence-electron chi connectivity index (χ4n) is 3.69. The van der Waals surface area contributed by atoms with Crippen LogP contribution in [-0.2, 0) is 16.4 Å². The molecule has 10 heteroatoms. The van der Waals surface area contributed by atoms with E-state index in [-0.39, 0.29) is 34.0 Å². The molecule has 0 radical (unpaired) electrons. The second-order valence-electron chi connectivity index (χ2n) is 7.27. The Morgan fingerprint density at radius 2 is 1.85 bits per heavy atom. The lowest BCUT2D eigenvalue weighted by Crippen LogP contribution is -2.29. The SMILES string of the molecule is COc1ccc(C(=O)Nc2ccc(Br)cc2C(=O)O)cc1S(=O)(=O)N1CCc2ccccc21. The standard InChI is InChI=1S/C23H19BrN2O6S/c1-32-20-9-6-15(22(27)25-18-8-7-16(24)13-17(18)23(28)29)12-21(20)33(30,31)26-11-10-14-4-2-3-5-19(14)26/h2-9,12-13H,10-11H2,1H3,(H,25,27)(H,28,29). The number of aromatic carboxylic acids is 1. The van der Waals surface area contributed by atoms with Gasteiger partial charge in [-0.1, -0.05) is 34.1 Å². The van der Waals surface area contributed by atoms with Gasteiger partial charge in [-0.25, -0.2) is 13.2 Å². The summed E-state index contributed by atoms with van der Waals surface area (Å²) in [6.07, 6.45) is 0.583. The molecule has 33 heavy (non-hydrogen) atoms. The highest BCUT2D eigenvalue weighted by Crippen LogP contribution is 2.36. The number of carboxylic acid groups (broad SMARTS) is 1. The quantitative estimate of drug-likeness (QED) is 0.494. The summed E-state index contributed by atoms with van der Waals surface area (Å²) in [6, 6.07) is 15.7. The predicted octanol–water partition coefficient (Wildman–Crippen LogP) is 4.16. The topological polar surface area (TPSA) is 113 Å². The Kier molecular flexibility index (Phi) is 6.13. The van der Waals surface area contributed by atoms with Crippen molar-refractivity contribution in [1.29, 1.82) is 0 Å². The highest BCUT2D eigenvalue weighted by atomic mass is 79.9. The molecule has 0 saturated carbocycles. The molecule has 0 saturated heterocycles. The monoisotopic (exact) mass is 530 g/mol. The van der Waals surface area contributed by atoms with E-state index in [2.05, 4.69) is 21.2 Å². The third-order valence-corrected chi connectivity index (χ3v) is 7.63. The molecule has 0 atom stereocenters. The summed E-state index contributed by atoms with van der Waals surface area (Å²) >= 11 is 3.21. The number of anilines is 2. The Balaban J connectivity index is 1.71. The number of hydrogen-bond acceptors (Lipinski definition) is 5. The first kappa shape index (κ1) is 22.8. The van der Waals surface area contributed by atoms with Crippen LogP contribution in [-0.4, -0.2) is 39.1 Å². The van der Waals surface area contributed by atoms with Gasteiger partial charge in [-0.15, -0.1) is 0 Å². The molecule has 0 spiro atoms. The first-order valence-electron chi connectivity index (χ1n) is 9.85. The Bertz CT molecular complexity index is 1370. The van der Waals surface area contributed by atoms with E-state index in [9.17, 15) is 23.1 Å². The van der Waals surface area contributed by atoms with Crippen molar-refractivity contribution < 1.29 is 27.9 Å². The van der Waals surface area contributed by atoms with Gasteiger partial charge in [0.15, 0.2) is 0 Å². The lowest BCUT2D eigenvalue weighted by atomic mass is 10.1. The first-order valence-corrected chi connectivity index (χ1v) is 12.1. The van der Waals surface area contributed by atoms with Gasteiger partial charge in [0.2, 0.25) is 0 Å². The fourth-order valence-corrected chi connectivity index (χ4v) is 5.74. The van der Waals surface area contributed by atoms with E-state index >= 15 is 0 Å². The van der Waals surface area contributed by atoms with Gasteiger partial charge in [0, 0.05) is 16.6 Å². The lowest BCUT2D eigenvalue weighted by Gasteiger charge is -2.21. The van der Waals surface area contributed by atoms with E-state index in [1.54, 1.807) is 18.2 Å². The normalized spacial score (nSPS) is 12.8. The molecule has 0 aromatic heterocycles. The van der Waals surface area contributed by atoms with Gasteiger partial charge in [0.25, 0.3) is 15.9 Å². The van der Waals surface area contributed by atoms with Crippen LogP contribution >= 0.6 is 15.9 Å². The smallest absolute Gasteiger partial charge is 0.337 e. The molecular formula is C23H19BrN2O6S. The number of carbonyl (C=O) groups excluding carboxylic acids is 1. The van der Waals surface area contributed by atoms with Gasteiger partial charge in [0.1, 0.15) is 10.6 Å². The molecule has 4 rings (SSSR count). The number of sulfonamides is 1. The van der Waals surface area contributed by atoms with Crippen molar-refractivity contribution in [3.63, 3.8) is 0 Å². The summed E-state index contributed by atoms with van der Waals surface area (Å²) in [7, 11) is -2.67. The minimum atomic E-state index is -4.02. The molecular weight excluding hydrogens is 512 g/mol. The number of para-hydroxylation sites is 1. The van der Waals surface area contributed by atoms with Crippen LogP contribution < -0.4 is 14.4 Å². The summed E-state index contributed by atoms with van der Waals surface area (Å²) < 4.78 is 34.2. The van der Waals surface area contributed by atoms with Crippen LogP contribution in [0.5, 0.6) is 5.75 Å². The molecule has 0 aliphatic carbocycles. The van der Waals surface area contributed by atoms with Crippen LogP contribution in [0.2, 0.25) is 0 Å². The lowest BCUT2D eigenvalue weighted by molar-refractivity contribution is 0.0698. The third kappa shape index (κ3) is 4.31. The van der Waals surface area contributed by atoms with E-state index in [1.807, 2.05) is 12.1 Å². The number of halogens is 1. The average molecular weight is 531 g/mol. The van der Waals surface area contributed by atoms with Crippen LogP contribution in [0.4, 0.5) is 11.4 Å². The van der Waals surface area contributed by atoms with E-state index < -0.39 is 21.9 Å². The van der Waals surface area contributed by atoms with Gasteiger partial charge in [-0.2, -0.15) is 0 Å². The molecule has 2 N–H and O–H groups in total. The Morgan fingerprint density at radius 3 is 2.58 bits per heavy atom. The van der Waals surface area contributed by atoms with Crippen molar-refractivity contribution in [1.82, 2.24) is 0 Å². The molecule has 1 heterocycles. The van der Waals surface area contributed by atoms with Gasteiger partial charge in [-0.05, 0) is 54.4 Å². The maximum absolute atomic E-state index is 13.5. The van der Waals surface area contributed by atoms with Crippen molar-refractivity contribution in [2.24, 2.45) is 0 Å². The average Bonchev–Trinajstić information content (AvgIpc) is 3.24. The molecule has 1 aliphatic heterocycles. The highest BCUT2D eigenvalue weighted by Gasteiger charge is 2.33. The number of benzene rings is 3. The number of fused-ring (bicyclic) bond motifs is 1. The number of nitrogens with zero attached hydrogens (tertiary/aromatic N) is 1. The number of nitrogens with one attached hydrogen (secondary N) is 1. The van der Waals surface area contributed by atoms with Gasteiger partial charge in [-0.3, -0.25) is 9.10 Å². The van der Waals surface area contributed by atoms with Crippen LogP contribution in [0.25, 0.3) is 0 Å². The van der Waals surface area contributed by atoms with Gasteiger partial charge in [0.05, 0.1) is 24.0 Å². The van der Waals surface area contributed by atoms with Crippen molar-refractivity contribution in [3.8, 4) is 5.75 Å². The number of hydrogen-bond donors (Lipinski definition) is 2. The molecule has 3 aromatic carbocycles. The van der Waals surface area contributed by atoms with Crippen molar-refractivity contribution >= 4 is 49.2 Å². The second-order valence-corrected chi connectivity index (χ2v) is 10.0. The third-order valence-electron chi connectivity index (χ3n) is 5.30. The molecule has 1 aliphatic rings. The van der Waals surface area contributed by atoms with Crippen molar-refractivity contribution in [3.05, 3.63) is 81.8 Å². The van der Waals surface area contributed by atoms with E-state index in [0.29, 0.717) is 16.6 Å². The maximum Gasteiger partial charge on any atom is 0.337 e. The highest BCUT2D eigenvalue weighted by molar-refractivity contribution is 9.10. The van der Waals surface area contributed by atoms with Crippen LogP contribution in [0.15, 0.2) is 70.0 Å². The van der Waals surface area contributed by atoms with Gasteiger partial charge < -0.3 is 15.2 Å². The Labute approximate surface area is 199 Å². The van der Waals surface area contributed by atoms with Crippen LogP contribution in [0, 0.1) is 0 Å². The summed E-state index contributed by atoms with van der Waals surface area (Å²) in [6.45, 7) is 0.280. The van der Waals surface area contributed by atoms with Crippen molar-refractivity contribution in [2.75, 3.05) is 23.3 Å². The number of rotatable bonds is 6. The number of carbonyl (C=O) groups is 2. The summed E-state index contributed by atoms with van der Waals surface area (Å²) in [5.41, 5.74) is 1.54. The number of amides is 1. The number of carboxylic acids is 1. The fraction of sp³-hybridized carbons (Fsp3) is 0.130. The largest absolute Gasteiger partial charge is 0.495 e. The summed E-state index contributed by atoms with van der Waals surface area (Å²) in [5, 5.41) is 12.0. The molecule has 0 unspecified atom stereocenters. The van der Waals surface area contributed by atoms with E-state index in [4.69, 9.17) is 4.74 Å². The van der Waals surface area contributed by atoms with Gasteiger partial charge >= 0.3 is 5.97 Å². The van der Waals surface area contributed by atoms with Crippen LogP contribution in [0.1, 0.15) is 26.3 Å². The zero-order valence-electron chi connectivity index (χ0n) is 17.4. The number of methoxy groups -OCH3 is 1. The molecule has 1 amide bonds. The Hall–Kier alpha value is -3.37. The minimum absolute atomic E-state index is 0.0427. The zero-order valence-corrected chi connectivity index (χ0v) is 19.8. The minimum Gasteiger partial charge on any atom is -0.495 e. The first-order chi connectivity index (χ1) is 15.7. The Morgan fingerprint density at radius 1 is 1.09 bits per heavy atom. The van der Waals surface area contributed by atoms with Crippen LogP contribution in [0.3, 0.4) is 0 Å².